The highest BCUT2D eigenvalue weighted by molar-refractivity contribution is 9.10. The molecule has 94 valence electrons. The molecule has 0 radical (unpaired) electrons. The number of benzene rings is 1. The second-order valence-electron chi connectivity index (χ2n) is 3.50. The van der Waals surface area contributed by atoms with E-state index < -0.39 is 5.91 Å². The summed E-state index contributed by atoms with van der Waals surface area (Å²) in [6.45, 7) is 0. The monoisotopic (exact) mass is 336 g/mol. The summed E-state index contributed by atoms with van der Waals surface area (Å²) >= 11 is 8.87. The summed E-state index contributed by atoms with van der Waals surface area (Å²) < 4.78 is 0.613. The predicted molar refractivity (Wildman–Crippen MR) is 73.9 cm³/mol. The Bertz CT molecular complexity index is 666. The number of nitriles is 1. The van der Waals surface area contributed by atoms with Gasteiger partial charge in [-0.3, -0.25) is 4.79 Å². The summed E-state index contributed by atoms with van der Waals surface area (Å²) in [5.74, 6) is -0.408. The minimum Gasteiger partial charge on any atom is -0.320 e. The van der Waals surface area contributed by atoms with E-state index in [9.17, 15) is 4.79 Å². The molecule has 0 saturated heterocycles. The standard InChI is InChI=1S/C12H6BrClN4O/c13-8-5-7(6-15)1-2-9(8)16-12(19)10-3-4-11(14)18-17-10/h1-5H,(H,16,19). The van der Waals surface area contributed by atoms with E-state index in [2.05, 4.69) is 31.4 Å². The average Bonchev–Trinajstić information content (AvgIpc) is 2.41. The minimum absolute atomic E-state index is 0.153. The molecule has 1 amide bonds. The van der Waals surface area contributed by atoms with Gasteiger partial charge in [-0.2, -0.15) is 5.26 Å². The Kier molecular flexibility index (Phi) is 4.10. The van der Waals surface area contributed by atoms with Crippen molar-refractivity contribution in [1.82, 2.24) is 10.2 Å². The molecule has 0 bridgehead atoms. The van der Waals surface area contributed by atoms with Crippen LogP contribution in [0.1, 0.15) is 16.1 Å². The van der Waals surface area contributed by atoms with Crippen molar-refractivity contribution in [2.45, 2.75) is 0 Å². The van der Waals surface area contributed by atoms with E-state index in [1.165, 1.54) is 12.1 Å². The lowest BCUT2D eigenvalue weighted by Gasteiger charge is -2.06. The number of hydrogen-bond acceptors (Lipinski definition) is 4. The van der Waals surface area contributed by atoms with Crippen LogP contribution < -0.4 is 5.32 Å². The number of anilines is 1. The zero-order valence-electron chi connectivity index (χ0n) is 9.39. The van der Waals surface area contributed by atoms with Gasteiger partial charge in [0, 0.05) is 4.47 Å². The fraction of sp³-hybridized carbons (Fsp3) is 0. The Hall–Kier alpha value is -1.97. The largest absolute Gasteiger partial charge is 0.320 e. The maximum atomic E-state index is 11.9. The Morgan fingerprint density at radius 1 is 1.32 bits per heavy atom. The molecule has 2 aromatic rings. The maximum Gasteiger partial charge on any atom is 0.276 e. The lowest BCUT2D eigenvalue weighted by Crippen LogP contribution is -2.14. The molecule has 5 nitrogen and oxygen atoms in total. The fourth-order valence-electron chi connectivity index (χ4n) is 1.31. The van der Waals surface area contributed by atoms with Crippen LogP contribution >= 0.6 is 27.5 Å². The Morgan fingerprint density at radius 3 is 2.68 bits per heavy atom. The van der Waals surface area contributed by atoms with Crippen LogP contribution in [0, 0.1) is 11.3 Å². The summed E-state index contributed by atoms with van der Waals surface area (Å²) in [5, 5.41) is 18.9. The number of carbonyl (C=O) groups is 1. The average molecular weight is 338 g/mol. The molecule has 0 spiro atoms. The molecule has 0 atom stereocenters. The normalized spacial score (nSPS) is 9.74. The highest BCUT2D eigenvalue weighted by atomic mass is 79.9. The van der Waals surface area contributed by atoms with Gasteiger partial charge in [0.25, 0.3) is 5.91 Å². The minimum atomic E-state index is -0.408. The molecule has 19 heavy (non-hydrogen) atoms. The van der Waals surface area contributed by atoms with Gasteiger partial charge in [0.2, 0.25) is 0 Å². The smallest absolute Gasteiger partial charge is 0.276 e. The van der Waals surface area contributed by atoms with Gasteiger partial charge in [0.1, 0.15) is 0 Å². The van der Waals surface area contributed by atoms with Crippen molar-refractivity contribution in [3.63, 3.8) is 0 Å². The molecular weight excluding hydrogens is 332 g/mol. The molecule has 1 aromatic carbocycles. The van der Waals surface area contributed by atoms with Gasteiger partial charge in [-0.1, -0.05) is 11.6 Å². The molecule has 0 aliphatic rings. The molecule has 0 aliphatic carbocycles. The first kappa shape index (κ1) is 13.5. The maximum absolute atomic E-state index is 11.9. The van der Waals surface area contributed by atoms with Gasteiger partial charge >= 0.3 is 0 Å². The number of nitrogens with zero attached hydrogens (tertiary/aromatic N) is 3. The Balaban J connectivity index is 2.20. The molecule has 0 saturated carbocycles. The predicted octanol–water partition coefficient (Wildman–Crippen LogP) is 3.02. The van der Waals surface area contributed by atoms with Crippen molar-refractivity contribution < 1.29 is 4.79 Å². The van der Waals surface area contributed by atoms with E-state index in [4.69, 9.17) is 16.9 Å². The third-order valence-electron chi connectivity index (χ3n) is 2.21. The third-order valence-corrected chi connectivity index (χ3v) is 3.07. The van der Waals surface area contributed by atoms with Crippen molar-refractivity contribution in [3.8, 4) is 6.07 Å². The Morgan fingerprint density at radius 2 is 2.11 bits per heavy atom. The van der Waals surface area contributed by atoms with Gasteiger partial charge in [-0.05, 0) is 46.3 Å². The van der Waals surface area contributed by atoms with Crippen molar-refractivity contribution in [3.05, 3.63) is 51.2 Å². The third kappa shape index (κ3) is 3.28. The number of rotatable bonds is 2. The first-order valence-electron chi connectivity index (χ1n) is 5.10. The van der Waals surface area contributed by atoms with Crippen LogP contribution in [0.5, 0.6) is 0 Å². The zero-order valence-corrected chi connectivity index (χ0v) is 11.7. The van der Waals surface area contributed by atoms with Gasteiger partial charge in [0.05, 0.1) is 17.3 Å². The molecular formula is C12H6BrClN4O. The highest BCUT2D eigenvalue weighted by Crippen LogP contribution is 2.23. The summed E-state index contributed by atoms with van der Waals surface area (Å²) in [6.07, 6.45) is 0. The van der Waals surface area contributed by atoms with Crippen LogP contribution in [0.2, 0.25) is 5.15 Å². The SMILES string of the molecule is N#Cc1ccc(NC(=O)c2ccc(Cl)nn2)c(Br)c1. The molecule has 1 aromatic heterocycles. The van der Waals surface area contributed by atoms with Crippen molar-refractivity contribution in [1.29, 1.82) is 5.26 Å². The lowest BCUT2D eigenvalue weighted by molar-refractivity contribution is 0.102. The van der Waals surface area contributed by atoms with Crippen molar-refractivity contribution in [2.75, 3.05) is 5.32 Å². The van der Waals surface area contributed by atoms with Crippen LogP contribution in [0.3, 0.4) is 0 Å². The summed E-state index contributed by atoms with van der Waals surface area (Å²) in [7, 11) is 0. The van der Waals surface area contributed by atoms with Gasteiger partial charge in [-0.25, -0.2) is 0 Å². The molecule has 0 unspecified atom stereocenters. The second-order valence-corrected chi connectivity index (χ2v) is 4.74. The van der Waals surface area contributed by atoms with Crippen LogP contribution in [0.25, 0.3) is 0 Å². The van der Waals surface area contributed by atoms with Crippen molar-refractivity contribution >= 4 is 39.1 Å². The molecule has 0 fully saturated rings. The number of amides is 1. The summed E-state index contributed by atoms with van der Waals surface area (Å²) in [5.41, 5.74) is 1.19. The second kappa shape index (κ2) is 5.78. The van der Waals surface area contributed by atoms with Crippen LogP contribution in [-0.4, -0.2) is 16.1 Å². The number of halogens is 2. The topological polar surface area (TPSA) is 78.7 Å². The zero-order chi connectivity index (χ0) is 13.8. The van der Waals surface area contributed by atoms with Crippen LogP contribution in [-0.2, 0) is 0 Å². The van der Waals surface area contributed by atoms with Crippen LogP contribution in [0.15, 0.2) is 34.8 Å². The van der Waals surface area contributed by atoms with Gasteiger partial charge in [-0.15, -0.1) is 10.2 Å². The van der Waals surface area contributed by atoms with E-state index in [1.807, 2.05) is 6.07 Å². The molecule has 1 N–H and O–H groups in total. The highest BCUT2D eigenvalue weighted by Gasteiger charge is 2.10. The number of hydrogen-bond donors (Lipinski definition) is 1. The van der Waals surface area contributed by atoms with E-state index in [0.29, 0.717) is 15.7 Å². The van der Waals surface area contributed by atoms with E-state index in [0.717, 1.165) is 0 Å². The molecule has 2 rings (SSSR count). The quantitative estimate of drug-likeness (QED) is 0.913. The molecule has 1 heterocycles. The van der Waals surface area contributed by atoms with Crippen LogP contribution in [0.4, 0.5) is 5.69 Å². The van der Waals surface area contributed by atoms with Crippen molar-refractivity contribution in [2.24, 2.45) is 0 Å². The first-order valence-corrected chi connectivity index (χ1v) is 6.27. The fourth-order valence-corrected chi connectivity index (χ4v) is 1.89. The van der Waals surface area contributed by atoms with E-state index in [-0.39, 0.29) is 10.8 Å². The van der Waals surface area contributed by atoms with E-state index in [1.54, 1.807) is 18.2 Å². The lowest BCUT2D eigenvalue weighted by atomic mass is 10.2. The first-order chi connectivity index (χ1) is 9.10. The molecule has 7 heteroatoms. The van der Waals surface area contributed by atoms with Gasteiger partial charge < -0.3 is 5.32 Å². The van der Waals surface area contributed by atoms with E-state index >= 15 is 0 Å². The number of carbonyl (C=O) groups excluding carboxylic acids is 1. The molecule has 0 aliphatic heterocycles. The Labute approximate surface area is 122 Å². The number of nitrogens with one attached hydrogen (secondary N) is 1. The summed E-state index contributed by atoms with van der Waals surface area (Å²) in [4.78, 5) is 11.9. The summed E-state index contributed by atoms with van der Waals surface area (Å²) in [6, 6.07) is 9.81. The van der Waals surface area contributed by atoms with Gasteiger partial charge in [0.15, 0.2) is 10.8 Å². The number of aromatic nitrogens is 2.